The van der Waals surface area contributed by atoms with Gasteiger partial charge in [-0.3, -0.25) is 14.5 Å². The van der Waals surface area contributed by atoms with Gasteiger partial charge in [0.25, 0.3) is 5.92 Å². The van der Waals surface area contributed by atoms with Crippen molar-refractivity contribution < 1.29 is 13.6 Å². The van der Waals surface area contributed by atoms with Crippen LogP contribution in [0.15, 0.2) is 53.5 Å². The topological polar surface area (TPSA) is 80.4 Å². The SMILES string of the molecule is Cl.O=C(Nc1cccc(Cn2nc3ccccn3c2=O)c1)C1CC(F)(F)CN1. The Balaban J connectivity index is 0.00000225. The van der Waals surface area contributed by atoms with E-state index in [4.69, 9.17) is 0 Å². The van der Waals surface area contributed by atoms with E-state index in [2.05, 4.69) is 15.7 Å². The molecule has 148 valence electrons. The van der Waals surface area contributed by atoms with Gasteiger partial charge in [-0.1, -0.05) is 18.2 Å². The number of nitrogens with one attached hydrogen (secondary N) is 2. The van der Waals surface area contributed by atoms with Gasteiger partial charge in [-0.05, 0) is 29.8 Å². The molecule has 3 heterocycles. The fraction of sp³-hybridized carbons (Fsp3) is 0.278. The first-order valence-corrected chi connectivity index (χ1v) is 8.46. The highest BCUT2D eigenvalue weighted by Gasteiger charge is 2.42. The van der Waals surface area contributed by atoms with Crippen molar-refractivity contribution in [2.75, 3.05) is 11.9 Å². The normalized spacial score (nSPS) is 18.0. The summed E-state index contributed by atoms with van der Waals surface area (Å²) >= 11 is 0. The summed E-state index contributed by atoms with van der Waals surface area (Å²) in [5.41, 5.74) is 1.51. The highest BCUT2D eigenvalue weighted by molar-refractivity contribution is 5.95. The standard InChI is InChI=1S/C18H17F2N5O2.ClH/c19-18(20)9-14(21-11-18)16(26)22-13-5-3-4-12(8-13)10-25-17(27)24-7-2-1-6-15(24)23-25;/h1-8,14,21H,9-11H2,(H,22,26);1H. The molecule has 3 aromatic rings. The van der Waals surface area contributed by atoms with E-state index in [9.17, 15) is 18.4 Å². The maximum Gasteiger partial charge on any atom is 0.350 e. The summed E-state index contributed by atoms with van der Waals surface area (Å²) in [7, 11) is 0. The van der Waals surface area contributed by atoms with E-state index in [-0.39, 0.29) is 24.6 Å². The van der Waals surface area contributed by atoms with Crippen LogP contribution in [0.25, 0.3) is 5.65 Å². The number of benzene rings is 1. The van der Waals surface area contributed by atoms with Gasteiger partial charge >= 0.3 is 5.69 Å². The zero-order valence-electron chi connectivity index (χ0n) is 14.6. The maximum absolute atomic E-state index is 13.2. The quantitative estimate of drug-likeness (QED) is 0.689. The van der Waals surface area contributed by atoms with Crippen LogP contribution in [0.1, 0.15) is 12.0 Å². The molecule has 1 fully saturated rings. The van der Waals surface area contributed by atoms with Crippen molar-refractivity contribution in [2.45, 2.75) is 24.9 Å². The lowest BCUT2D eigenvalue weighted by atomic mass is 10.1. The number of carbonyl (C=O) groups is 1. The number of hydrogen-bond acceptors (Lipinski definition) is 4. The monoisotopic (exact) mass is 409 g/mol. The first-order chi connectivity index (χ1) is 12.9. The van der Waals surface area contributed by atoms with Crippen LogP contribution in [0.5, 0.6) is 0 Å². The summed E-state index contributed by atoms with van der Waals surface area (Å²) in [5.74, 6) is -3.37. The second-order valence-corrected chi connectivity index (χ2v) is 6.55. The van der Waals surface area contributed by atoms with Crippen LogP contribution >= 0.6 is 12.4 Å². The van der Waals surface area contributed by atoms with Crippen LogP contribution in [-0.2, 0) is 11.3 Å². The number of anilines is 1. The minimum atomic E-state index is -2.87. The molecule has 0 aliphatic carbocycles. The molecule has 28 heavy (non-hydrogen) atoms. The third-order valence-corrected chi connectivity index (χ3v) is 4.44. The Morgan fingerprint density at radius 2 is 2.11 bits per heavy atom. The number of fused-ring (bicyclic) bond motifs is 1. The number of alkyl halides is 2. The number of aromatic nitrogens is 3. The summed E-state index contributed by atoms with van der Waals surface area (Å²) in [6.45, 7) is -0.272. The second kappa shape index (κ2) is 7.69. The Labute approximate surface area is 164 Å². The van der Waals surface area contributed by atoms with E-state index in [1.54, 1.807) is 48.7 Å². The molecule has 1 aromatic carbocycles. The van der Waals surface area contributed by atoms with E-state index >= 15 is 0 Å². The number of rotatable bonds is 4. The molecule has 1 unspecified atom stereocenters. The molecular formula is C18H18ClF2N5O2. The third kappa shape index (κ3) is 4.05. The van der Waals surface area contributed by atoms with E-state index in [0.717, 1.165) is 5.56 Å². The minimum absolute atomic E-state index is 0. The fourth-order valence-corrected chi connectivity index (χ4v) is 3.12. The molecule has 0 spiro atoms. The molecule has 7 nitrogen and oxygen atoms in total. The molecule has 10 heteroatoms. The largest absolute Gasteiger partial charge is 0.350 e. The molecule has 2 N–H and O–H groups in total. The molecule has 1 amide bonds. The van der Waals surface area contributed by atoms with Crippen molar-refractivity contribution in [3.8, 4) is 0 Å². The number of carbonyl (C=O) groups excluding carboxylic acids is 1. The van der Waals surface area contributed by atoms with Gasteiger partial charge in [-0.2, -0.15) is 0 Å². The average Bonchev–Trinajstić information content (AvgIpc) is 3.15. The number of amides is 1. The first kappa shape index (κ1) is 20.0. The van der Waals surface area contributed by atoms with Crippen LogP contribution in [-0.4, -0.2) is 38.6 Å². The predicted molar refractivity (Wildman–Crippen MR) is 102 cm³/mol. The molecule has 1 aliphatic heterocycles. The third-order valence-electron chi connectivity index (χ3n) is 4.44. The molecule has 0 radical (unpaired) electrons. The van der Waals surface area contributed by atoms with Crippen LogP contribution in [0, 0.1) is 0 Å². The molecular weight excluding hydrogens is 392 g/mol. The summed E-state index contributed by atoms with van der Waals surface area (Å²) in [6.07, 6.45) is 1.12. The lowest BCUT2D eigenvalue weighted by Crippen LogP contribution is -2.35. The molecule has 2 aromatic heterocycles. The van der Waals surface area contributed by atoms with Gasteiger partial charge in [0.05, 0.1) is 19.1 Å². The summed E-state index contributed by atoms with van der Waals surface area (Å²) < 4.78 is 29.3. The second-order valence-electron chi connectivity index (χ2n) is 6.55. The smallest absolute Gasteiger partial charge is 0.325 e. The number of pyridine rings is 1. The van der Waals surface area contributed by atoms with E-state index < -0.39 is 30.8 Å². The van der Waals surface area contributed by atoms with Gasteiger partial charge in [0.1, 0.15) is 0 Å². The van der Waals surface area contributed by atoms with Crippen LogP contribution in [0.4, 0.5) is 14.5 Å². The Morgan fingerprint density at radius 1 is 1.29 bits per heavy atom. The lowest BCUT2D eigenvalue weighted by molar-refractivity contribution is -0.118. The number of nitrogens with zero attached hydrogens (tertiary/aromatic N) is 3. The van der Waals surface area contributed by atoms with Crippen molar-refractivity contribution in [1.29, 1.82) is 0 Å². The fourth-order valence-electron chi connectivity index (χ4n) is 3.12. The zero-order valence-corrected chi connectivity index (χ0v) is 15.5. The summed E-state index contributed by atoms with van der Waals surface area (Å²) in [6, 6.07) is 11.2. The molecule has 0 saturated carbocycles. The predicted octanol–water partition coefficient (Wildman–Crippen LogP) is 1.90. The Hall–Kier alpha value is -2.78. The van der Waals surface area contributed by atoms with Gasteiger partial charge in [0.15, 0.2) is 5.65 Å². The van der Waals surface area contributed by atoms with Crippen LogP contribution in [0.2, 0.25) is 0 Å². The van der Waals surface area contributed by atoms with E-state index in [1.165, 1.54) is 9.08 Å². The Morgan fingerprint density at radius 3 is 2.82 bits per heavy atom. The van der Waals surface area contributed by atoms with Gasteiger partial charge in [-0.15, -0.1) is 17.5 Å². The lowest BCUT2D eigenvalue weighted by Gasteiger charge is -2.12. The molecule has 1 saturated heterocycles. The van der Waals surface area contributed by atoms with E-state index in [0.29, 0.717) is 11.3 Å². The molecule has 4 rings (SSSR count). The molecule has 0 bridgehead atoms. The molecule has 1 atom stereocenters. The average molecular weight is 410 g/mol. The zero-order chi connectivity index (χ0) is 19.0. The van der Waals surface area contributed by atoms with Crippen molar-refractivity contribution in [2.24, 2.45) is 0 Å². The highest BCUT2D eigenvalue weighted by Crippen LogP contribution is 2.25. The number of hydrogen-bond donors (Lipinski definition) is 2. The maximum atomic E-state index is 13.2. The van der Waals surface area contributed by atoms with Crippen molar-refractivity contribution in [3.63, 3.8) is 0 Å². The van der Waals surface area contributed by atoms with Crippen molar-refractivity contribution in [3.05, 3.63) is 64.7 Å². The Bertz CT molecular complexity index is 1070. The molecule has 1 aliphatic rings. The number of halogens is 3. The minimum Gasteiger partial charge on any atom is -0.325 e. The summed E-state index contributed by atoms with van der Waals surface area (Å²) in [5, 5.41) is 9.43. The van der Waals surface area contributed by atoms with E-state index in [1.807, 2.05) is 0 Å². The van der Waals surface area contributed by atoms with Gasteiger partial charge < -0.3 is 5.32 Å². The highest BCUT2D eigenvalue weighted by atomic mass is 35.5. The van der Waals surface area contributed by atoms with Crippen molar-refractivity contribution >= 4 is 29.6 Å². The summed E-state index contributed by atoms with van der Waals surface area (Å²) in [4.78, 5) is 24.5. The van der Waals surface area contributed by atoms with Gasteiger partial charge in [0, 0.05) is 18.3 Å². The van der Waals surface area contributed by atoms with Crippen LogP contribution in [0.3, 0.4) is 0 Å². The van der Waals surface area contributed by atoms with Crippen LogP contribution < -0.4 is 16.3 Å². The van der Waals surface area contributed by atoms with Crippen molar-refractivity contribution in [1.82, 2.24) is 19.5 Å². The van der Waals surface area contributed by atoms with Gasteiger partial charge in [-0.25, -0.2) is 18.3 Å². The van der Waals surface area contributed by atoms with Gasteiger partial charge in [0.2, 0.25) is 5.91 Å². The first-order valence-electron chi connectivity index (χ1n) is 8.46. The Kier molecular flexibility index (Phi) is 5.48.